The summed E-state index contributed by atoms with van der Waals surface area (Å²) >= 11 is 0. The Balaban J connectivity index is 1.91. The first-order chi connectivity index (χ1) is 9.08. The predicted octanol–water partition coefficient (Wildman–Crippen LogP) is 1.66. The molecule has 1 aromatic rings. The summed E-state index contributed by atoms with van der Waals surface area (Å²) in [6, 6.07) is 8.92. The molecule has 2 N–H and O–H groups in total. The van der Waals surface area contributed by atoms with Crippen LogP contribution in [0.2, 0.25) is 0 Å². The molecule has 0 radical (unpaired) electrons. The van der Waals surface area contributed by atoms with Gasteiger partial charge in [-0.3, -0.25) is 4.79 Å². The summed E-state index contributed by atoms with van der Waals surface area (Å²) in [4.78, 5) is 24.3. The summed E-state index contributed by atoms with van der Waals surface area (Å²) in [6.45, 7) is 2.77. The molecule has 2 unspecified atom stereocenters. The third-order valence-electron chi connectivity index (χ3n) is 3.46. The Morgan fingerprint density at radius 3 is 2.68 bits per heavy atom. The molecule has 2 rings (SSSR count). The highest BCUT2D eigenvalue weighted by Crippen LogP contribution is 2.26. The predicted molar refractivity (Wildman–Crippen MR) is 71.0 cm³/mol. The standard InChI is InChI=1S/C14H18N2O3/c1-10(13(17)18)15-14(19)16-8-7-12(9-16)11-5-3-2-4-6-11/h2-6,10,12H,7-9H2,1H3,(H,15,19)(H,17,18). The summed E-state index contributed by atoms with van der Waals surface area (Å²) in [5.74, 6) is -0.681. The van der Waals surface area contributed by atoms with Gasteiger partial charge in [0.25, 0.3) is 0 Å². The SMILES string of the molecule is CC(NC(=O)N1CCC(c2ccccc2)C1)C(=O)O. The van der Waals surface area contributed by atoms with E-state index in [9.17, 15) is 9.59 Å². The number of carbonyl (C=O) groups is 2. The van der Waals surface area contributed by atoms with Gasteiger partial charge in [0, 0.05) is 19.0 Å². The zero-order valence-electron chi connectivity index (χ0n) is 10.9. The molecule has 1 saturated heterocycles. The molecule has 0 bridgehead atoms. The fourth-order valence-electron chi connectivity index (χ4n) is 2.28. The van der Waals surface area contributed by atoms with E-state index in [0.717, 1.165) is 6.42 Å². The van der Waals surface area contributed by atoms with Crippen LogP contribution in [0.1, 0.15) is 24.8 Å². The van der Waals surface area contributed by atoms with Crippen LogP contribution in [-0.2, 0) is 4.79 Å². The molecule has 1 heterocycles. The first kappa shape index (κ1) is 13.4. The van der Waals surface area contributed by atoms with Crippen LogP contribution < -0.4 is 5.32 Å². The molecule has 1 fully saturated rings. The lowest BCUT2D eigenvalue weighted by molar-refractivity contribution is -0.138. The Kier molecular flexibility index (Phi) is 4.04. The van der Waals surface area contributed by atoms with E-state index >= 15 is 0 Å². The Morgan fingerprint density at radius 2 is 2.05 bits per heavy atom. The van der Waals surface area contributed by atoms with Crippen molar-refractivity contribution in [2.75, 3.05) is 13.1 Å². The molecule has 2 atom stereocenters. The van der Waals surface area contributed by atoms with Crippen molar-refractivity contribution in [2.24, 2.45) is 0 Å². The third kappa shape index (κ3) is 3.24. The number of carboxylic acid groups (broad SMARTS) is 1. The van der Waals surface area contributed by atoms with Gasteiger partial charge in [-0.1, -0.05) is 30.3 Å². The second-order valence-electron chi connectivity index (χ2n) is 4.85. The van der Waals surface area contributed by atoms with Gasteiger partial charge in [-0.15, -0.1) is 0 Å². The molecule has 1 aromatic carbocycles. The van der Waals surface area contributed by atoms with Gasteiger partial charge >= 0.3 is 12.0 Å². The number of carboxylic acids is 1. The lowest BCUT2D eigenvalue weighted by Crippen LogP contribution is -2.45. The zero-order valence-corrected chi connectivity index (χ0v) is 10.9. The number of benzene rings is 1. The highest BCUT2D eigenvalue weighted by Gasteiger charge is 2.28. The van der Waals surface area contributed by atoms with Gasteiger partial charge in [0.1, 0.15) is 6.04 Å². The van der Waals surface area contributed by atoms with E-state index < -0.39 is 12.0 Å². The van der Waals surface area contributed by atoms with E-state index in [1.165, 1.54) is 12.5 Å². The Hall–Kier alpha value is -2.04. The first-order valence-electron chi connectivity index (χ1n) is 6.41. The zero-order chi connectivity index (χ0) is 13.8. The Morgan fingerprint density at radius 1 is 1.37 bits per heavy atom. The van der Waals surface area contributed by atoms with Gasteiger partial charge in [-0.25, -0.2) is 4.79 Å². The average Bonchev–Trinajstić information content (AvgIpc) is 2.89. The van der Waals surface area contributed by atoms with E-state index in [1.807, 2.05) is 18.2 Å². The molecular formula is C14H18N2O3. The number of carbonyl (C=O) groups excluding carboxylic acids is 1. The molecule has 19 heavy (non-hydrogen) atoms. The van der Waals surface area contributed by atoms with Crippen LogP contribution in [0.15, 0.2) is 30.3 Å². The van der Waals surface area contributed by atoms with Gasteiger partial charge in [0.15, 0.2) is 0 Å². The monoisotopic (exact) mass is 262 g/mol. The molecule has 1 aliphatic rings. The van der Waals surface area contributed by atoms with Gasteiger partial charge in [0.05, 0.1) is 0 Å². The number of likely N-dealkylation sites (tertiary alicyclic amines) is 1. The second-order valence-corrected chi connectivity index (χ2v) is 4.85. The highest BCUT2D eigenvalue weighted by molar-refractivity contribution is 5.82. The molecule has 0 saturated carbocycles. The first-order valence-corrected chi connectivity index (χ1v) is 6.41. The molecule has 0 aromatic heterocycles. The summed E-state index contributed by atoms with van der Waals surface area (Å²) in [7, 11) is 0. The van der Waals surface area contributed by atoms with E-state index in [0.29, 0.717) is 19.0 Å². The van der Waals surface area contributed by atoms with Crippen LogP contribution in [0.25, 0.3) is 0 Å². The third-order valence-corrected chi connectivity index (χ3v) is 3.46. The lowest BCUT2D eigenvalue weighted by atomic mass is 9.99. The normalized spacial score (nSPS) is 20.1. The quantitative estimate of drug-likeness (QED) is 0.870. The van der Waals surface area contributed by atoms with Crippen molar-refractivity contribution in [1.29, 1.82) is 0 Å². The van der Waals surface area contributed by atoms with Gasteiger partial charge in [-0.2, -0.15) is 0 Å². The van der Waals surface area contributed by atoms with E-state index in [2.05, 4.69) is 17.4 Å². The maximum absolute atomic E-state index is 11.9. The Bertz CT molecular complexity index is 461. The van der Waals surface area contributed by atoms with Gasteiger partial charge < -0.3 is 15.3 Å². The van der Waals surface area contributed by atoms with Crippen molar-refractivity contribution in [3.05, 3.63) is 35.9 Å². The minimum Gasteiger partial charge on any atom is -0.480 e. The summed E-state index contributed by atoms with van der Waals surface area (Å²) in [5.41, 5.74) is 1.23. The highest BCUT2D eigenvalue weighted by atomic mass is 16.4. The largest absolute Gasteiger partial charge is 0.480 e. The minimum atomic E-state index is -1.02. The van der Waals surface area contributed by atoms with Crippen molar-refractivity contribution < 1.29 is 14.7 Å². The maximum atomic E-state index is 11.9. The van der Waals surface area contributed by atoms with Crippen LogP contribution >= 0.6 is 0 Å². The van der Waals surface area contributed by atoms with Gasteiger partial charge in [-0.05, 0) is 18.9 Å². The summed E-state index contributed by atoms with van der Waals surface area (Å²) in [5, 5.41) is 11.3. The second kappa shape index (κ2) is 5.73. The molecule has 0 aliphatic carbocycles. The average molecular weight is 262 g/mol. The molecular weight excluding hydrogens is 244 g/mol. The van der Waals surface area contributed by atoms with Crippen LogP contribution in [0.3, 0.4) is 0 Å². The summed E-state index contributed by atoms with van der Waals surface area (Å²) < 4.78 is 0. The minimum absolute atomic E-state index is 0.298. The number of aliphatic carboxylic acids is 1. The van der Waals surface area contributed by atoms with Crippen molar-refractivity contribution in [3.8, 4) is 0 Å². The van der Waals surface area contributed by atoms with Crippen LogP contribution in [0.4, 0.5) is 4.79 Å². The molecule has 5 heteroatoms. The molecule has 1 aliphatic heterocycles. The lowest BCUT2D eigenvalue weighted by Gasteiger charge is -2.19. The van der Waals surface area contributed by atoms with Crippen LogP contribution in [0.5, 0.6) is 0 Å². The molecule has 102 valence electrons. The van der Waals surface area contributed by atoms with Crippen molar-refractivity contribution in [2.45, 2.75) is 25.3 Å². The molecule has 0 spiro atoms. The maximum Gasteiger partial charge on any atom is 0.325 e. The number of nitrogens with one attached hydrogen (secondary N) is 1. The number of nitrogens with zero attached hydrogens (tertiary/aromatic N) is 1. The number of urea groups is 1. The number of rotatable bonds is 3. The smallest absolute Gasteiger partial charge is 0.325 e. The van der Waals surface area contributed by atoms with Crippen molar-refractivity contribution in [3.63, 3.8) is 0 Å². The van der Waals surface area contributed by atoms with Crippen molar-refractivity contribution in [1.82, 2.24) is 10.2 Å². The topological polar surface area (TPSA) is 69.6 Å². The fraction of sp³-hybridized carbons (Fsp3) is 0.429. The summed E-state index contributed by atoms with van der Waals surface area (Å²) in [6.07, 6.45) is 0.916. The molecule has 2 amide bonds. The van der Waals surface area contributed by atoms with E-state index in [4.69, 9.17) is 5.11 Å². The number of hydrogen-bond acceptors (Lipinski definition) is 2. The fourth-order valence-corrected chi connectivity index (χ4v) is 2.28. The molecule has 5 nitrogen and oxygen atoms in total. The number of hydrogen-bond donors (Lipinski definition) is 2. The van der Waals surface area contributed by atoms with Crippen molar-refractivity contribution >= 4 is 12.0 Å². The van der Waals surface area contributed by atoms with Gasteiger partial charge in [0.2, 0.25) is 0 Å². The Labute approximate surface area is 112 Å². The van der Waals surface area contributed by atoms with Crippen LogP contribution in [0, 0.1) is 0 Å². The number of amides is 2. The van der Waals surface area contributed by atoms with Crippen LogP contribution in [-0.4, -0.2) is 41.1 Å². The van der Waals surface area contributed by atoms with E-state index in [1.54, 1.807) is 4.90 Å². The van der Waals surface area contributed by atoms with E-state index in [-0.39, 0.29) is 6.03 Å².